The van der Waals surface area contributed by atoms with E-state index in [1.807, 2.05) is 20.8 Å². The molecule has 0 aromatic rings. The number of likely N-dealkylation sites (tertiary alicyclic amines) is 7. The van der Waals surface area contributed by atoms with Crippen LogP contribution in [0.15, 0.2) is 0 Å². The topological polar surface area (TPSA) is 283 Å². The summed E-state index contributed by atoms with van der Waals surface area (Å²) in [6.07, 6.45) is 21.8. The first kappa shape index (κ1) is 127. The number of rotatable bonds is 37. The number of ether oxygens (including phenoxy) is 4. The summed E-state index contributed by atoms with van der Waals surface area (Å²) in [5, 5.41) is 23.0. The summed E-state index contributed by atoms with van der Waals surface area (Å²) in [5.74, 6) is 3.78. The van der Waals surface area contributed by atoms with Crippen molar-refractivity contribution in [1.29, 1.82) is 0 Å². The molecule has 7 amide bonds. The molecule has 7 N–H and O–H groups in total. The molecule has 0 aromatic heterocycles. The molecule has 10 aliphatic heterocycles. The van der Waals surface area contributed by atoms with Crippen LogP contribution in [0.3, 0.4) is 0 Å². The fraction of sp³-hybridized carbons (Fsp3) is 0.938. The number of carbonyl (C=O) groups is 7. The molecular formula is C112H220N20O11. The molecule has 0 spiro atoms. The van der Waals surface area contributed by atoms with Gasteiger partial charge in [-0.15, -0.1) is 0 Å². The lowest BCUT2D eigenvalue weighted by atomic mass is 9.85. The van der Waals surface area contributed by atoms with Crippen LogP contribution >= 0.6 is 0 Å². The zero-order chi connectivity index (χ0) is 106. The smallest absolute Gasteiger partial charge is 0.407 e. The Kier molecular flexibility index (Phi) is 56.4. The third-order valence-electron chi connectivity index (χ3n) is 31.9. The number of piperazine rings is 1. The number of hydrogen-bond donors (Lipinski definition) is 7. The molecule has 0 bridgehead atoms. The van der Waals surface area contributed by atoms with E-state index < -0.39 is 0 Å². The molecule has 0 aromatic carbocycles. The molecule has 12 rings (SSSR count). The van der Waals surface area contributed by atoms with Gasteiger partial charge in [0, 0.05) is 262 Å². The number of alkyl carbamates (subject to hydrolysis) is 2. The normalized spacial score (nSPS) is 22.6. The molecule has 31 heteroatoms. The van der Waals surface area contributed by atoms with Gasteiger partial charge in [-0.05, 0) is 291 Å². The highest BCUT2D eigenvalue weighted by atomic mass is 16.6. The molecular weight excluding hydrogens is 1800 g/mol. The standard InChI is InChI=1S/C20H40N4O2.C18H33N3O2.C18H35N3O2.C16H31N3O.C16H33N3O.C12H24N2O2.C12H24N2O/c1-6-22-11-13-23(14-12-22)16-20(21-19(25)26-15-17(2)3)7-9-24(10-8-20)18(4)5;1-15(2)21-7-5-18(6-8-21,14-20-9-11-23-12-10-20)19-17(22)13-16-3-4-16;1-15(2)13-17(22)19-18(14-20-9-11-23-12-10-20)5-7-21(8-6-18)16(3)4;1-13(2)19-9-7-16(8-10-19,12-18(3)4)17-15(20)11-14-5-6-14;1-13(2)11-15(20)17-16(12-18(5)6)7-9-19(10-8-16)14(3)4;1-5-16-11(15)13-12(4)6-8-14(9-7-12)10(2)3;1-9(2)12(15)13-11-5-7-14(8-6-11)10(3)4/h17-18H,6-16H2,1-5H3,(H,21,25);15-16H,3-14H2,1-2H3,(H,19,22);15-16H,5-14H2,1-4H3,(H,19,22);13-14H,5-12H2,1-4H3,(H,17,20);13-14H,7-12H2,1-6H3,(H,17,20);10H,5-9H2,1-4H3,(H,13,15);9-11H,5-8H2,1-4H3,(H,13,15). The van der Waals surface area contributed by atoms with Crippen molar-refractivity contribution in [3.8, 4) is 0 Å². The van der Waals surface area contributed by atoms with Crippen molar-refractivity contribution in [3.63, 3.8) is 0 Å². The molecule has 31 nitrogen and oxygen atoms in total. The Morgan fingerprint density at radius 1 is 0.322 bits per heavy atom. The Labute approximate surface area is 873 Å². The highest BCUT2D eigenvalue weighted by Crippen LogP contribution is 2.37. The first-order valence-electron chi connectivity index (χ1n) is 57.4. The van der Waals surface area contributed by atoms with Crippen LogP contribution in [-0.2, 0) is 42.9 Å². The summed E-state index contributed by atoms with van der Waals surface area (Å²) in [5.41, 5.74) is -0.406. The van der Waals surface area contributed by atoms with Gasteiger partial charge in [0.05, 0.1) is 67.3 Å². The van der Waals surface area contributed by atoms with Gasteiger partial charge >= 0.3 is 12.2 Å². The van der Waals surface area contributed by atoms with Crippen molar-refractivity contribution in [3.05, 3.63) is 0 Å². The van der Waals surface area contributed by atoms with Gasteiger partial charge in [0.25, 0.3) is 0 Å². The zero-order valence-corrected chi connectivity index (χ0v) is 97.0. The molecule has 0 atom stereocenters. The maximum Gasteiger partial charge on any atom is 0.407 e. The van der Waals surface area contributed by atoms with Crippen molar-refractivity contribution >= 4 is 41.7 Å². The largest absolute Gasteiger partial charge is 0.450 e. The van der Waals surface area contributed by atoms with E-state index in [0.717, 1.165) is 312 Å². The summed E-state index contributed by atoms with van der Waals surface area (Å²) >= 11 is 0. The minimum absolute atomic E-state index is 0.0130. The van der Waals surface area contributed by atoms with Crippen LogP contribution < -0.4 is 37.2 Å². The Hall–Kier alpha value is -4.71. The van der Waals surface area contributed by atoms with Crippen LogP contribution in [-0.4, -0.2) is 438 Å². The molecule has 2 aliphatic carbocycles. The van der Waals surface area contributed by atoms with Crippen LogP contribution in [0.25, 0.3) is 0 Å². The van der Waals surface area contributed by atoms with E-state index in [0.29, 0.717) is 104 Å². The van der Waals surface area contributed by atoms with E-state index >= 15 is 0 Å². The first-order chi connectivity index (χ1) is 67.4. The number of nitrogens with one attached hydrogen (secondary N) is 7. The Morgan fingerprint density at radius 2 is 0.601 bits per heavy atom. The average molecular weight is 2020 g/mol. The van der Waals surface area contributed by atoms with Crippen molar-refractivity contribution in [2.75, 3.05) is 251 Å². The molecule has 10 heterocycles. The minimum atomic E-state index is -0.289. The summed E-state index contributed by atoms with van der Waals surface area (Å²) in [4.78, 5) is 116. The summed E-state index contributed by atoms with van der Waals surface area (Å²) in [6.45, 7) is 87.5. The summed E-state index contributed by atoms with van der Waals surface area (Å²) < 4.78 is 21.3. The van der Waals surface area contributed by atoms with Crippen molar-refractivity contribution < 1.29 is 52.5 Å². The van der Waals surface area contributed by atoms with Gasteiger partial charge in [-0.25, -0.2) is 9.59 Å². The van der Waals surface area contributed by atoms with E-state index in [-0.39, 0.29) is 80.9 Å². The quantitative estimate of drug-likeness (QED) is 0.0304. The SMILES string of the molecule is CC(C)C(=O)NC1CCN(C(C)C)CC1.CC(C)CC(=O)NC1(CN(C)C)CCN(C(C)C)CC1.CC(C)CC(=O)NC1(CN2CCOCC2)CCN(C(C)C)CC1.CC(C)N1CCC(CN(C)C)(NC(=O)CC2CC2)CC1.CC(C)N1CCC(CN2CCOCC2)(NC(=O)CC2CC2)CC1.CCN1CCN(CC2(NC(=O)OCC(C)C)CCN(C(C)C)CC2)CC1.CCOC(=O)NC1(C)CCN(C(C)C)CC1. The van der Waals surface area contributed by atoms with Gasteiger partial charge in [0.1, 0.15) is 0 Å². The summed E-state index contributed by atoms with van der Waals surface area (Å²) in [6, 6.07) is 4.57. The van der Waals surface area contributed by atoms with E-state index in [2.05, 4.69) is 281 Å². The second-order valence-corrected chi connectivity index (χ2v) is 49.4. The maximum atomic E-state index is 12.5. The monoisotopic (exact) mass is 2020 g/mol. The third-order valence-corrected chi connectivity index (χ3v) is 31.9. The van der Waals surface area contributed by atoms with E-state index in [1.54, 1.807) is 0 Å². The third kappa shape index (κ3) is 49.1. The molecule has 12 fully saturated rings. The Bertz CT molecular complexity index is 3400. The van der Waals surface area contributed by atoms with E-state index in [1.165, 1.54) is 25.7 Å². The predicted octanol–water partition coefficient (Wildman–Crippen LogP) is 12.7. The lowest BCUT2D eigenvalue weighted by Gasteiger charge is -2.47. The molecule has 2 saturated carbocycles. The number of morpholine rings is 2. The molecule has 0 radical (unpaired) electrons. The van der Waals surface area contributed by atoms with Crippen molar-refractivity contribution in [2.24, 2.45) is 35.5 Å². The molecule has 12 aliphatic rings. The minimum Gasteiger partial charge on any atom is -0.450 e. The maximum absolute atomic E-state index is 12.5. The number of hydrogen-bond acceptors (Lipinski definition) is 24. The zero-order valence-electron chi connectivity index (χ0n) is 97.0. The summed E-state index contributed by atoms with van der Waals surface area (Å²) in [7, 11) is 8.38. The van der Waals surface area contributed by atoms with Gasteiger partial charge < -0.3 is 105 Å². The molecule has 834 valence electrons. The average Bonchev–Trinajstić information content (AvgIpc) is 1.78. The Balaban J connectivity index is 0.000000257. The van der Waals surface area contributed by atoms with Gasteiger partial charge in [0.2, 0.25) is 29.5 Å². The highest BCUT2D eigenvalue weighted by molar-refractivity contribution is 5.79. The van der Waals surface area contributed by atoms with Gasteiger partial charge in [-0.3, -0.25) is 38.7 Å². The van der Waals surface area contributed by atoms with Crippen LogP contribution in [0.2, 0.25) is 0 Å². The second-order valence-electron chi connectivity index (χ2n) is 49.4. The fourth-order valence-corrected chi connectivity index (χ4v) is 22.0. The van der Waals surface area contributed by atoms with Crippen LogP contribution in [0.4, 0.5) is 9.59 Å². The number of piperidine rings is 7. The van der Waals surface area contributed by atoms with Crippen LogP contribution in [0.5, 0.6) is 0 Å². The lowest BCUT2D eigenvalue weighted by Crippen LogP contribution is -2.63. The molecule has 143 heavy (non-hydrogen) atoms. The van der Waals surface area contributed by atoms with Crippen molar-refractivity contribution in [2.45, 2.75) is 396 Å². The van der Waals surface area contributed by atoms with E-state index in [4.69, 9.17) is 18.9 Å². The second kappa shape index (κ2) is 63.6. The molecule has 10 saturated heterocycles. The van der Waals surface area contributed by atoms with E-state index in [9.17, 15) is 33.6 Å². The number of carbonyl (C=O) groups excluding carboxylic acids is 7. The van der Waals surface area contributed by atoms with Crippen molar-refractivity contribution in [1.82, 2.24) is 101 Å². The molecule has 0 unspecified atom stereocenters. The lowest BCUT2D eigenvalue weighted by molar-refractivity contribution is -0.126. The number of amides is 7. The van der Waals surface area contributed by atoms with Gasteiger partial charge in [-0.2, -0.15) is 0 Å². The number of nitrogens with zero attached hydrogens (tertiary/aromatic N) is 13. The highest BCUT2D eigenvalue weighted by Gasteiger charge is 2.46. The first-order valence-corrected chi connectivity index (χ1v) is 57.4. The van der Waals surface area contributed by atoms with Gasteiger partial charge in [-0.1, -0.05) is 62.3 Å². The van der Waals surface area contributed by atoms with Gasteiger partial charge in [0.15, 0.2) is 0 Å². The Morgan fingerprint density at radius 3 is 0.895 bits per heavy atom. The number of likely N-dealkylation sites (N-methyl/N-ethyl adjacent to an activating group) is 3. The van der Waals surface area contributed by atoms with Crippen LogP contribution in [0.1, 0.15) is 314 Å². The predicted molar refractivity (Wildman–Crippen MR) is 586 cm³/mol. The van der Waals surface area contributed by atoms with Crippen LogP contribution in [0, 0.1) is 35.5 Å². The fourth-order valence-electron chi connectivity index (χ4n) is 22.0.